The number of aromatic nitrogens is 3. The topological polar surface area (TPSA) is 86.3 Å². The molecule has 3 rings (SSSR count). The molecule has 1 aliphatic heterocycles. The normalized spacial score (nSPS) is 16.2. The van der Waals surface area contributed by atoms with Gasteiger partial charge in [-0.2, -0.15) is 0 Å². The number of nitro benzene ring substituents is 1. The van der Waals surface area contributed by atoms with Gasteiger partial charge in [-0.25, -0.2) is 0 Å². The standard InChI is InChI=1S/C16H21N5O3/c1-12-17-18-16(19(12)2)11-20-9-7-15(8-10-20)24-14-5-3-13(4-6-14)21(22)23/h3-6,15H,7-11H2,1-2H3. The number of non-ortho nitro benzene ring substituents is 1. The number of benzene rings is 1. The van der Waals surface area contributed by atoms with Crippen LogP contribution in [-0.2, 0) is 13.6 Å². The van der Waals surface area contributed by atoms with Crippen LogP contribution in [0, 0.1) is 17.0 Å². The summed E-state index contributed by atoms with van der Waals surface area (Å²) in [4.78, 5) is 12.6. The van der Waals surface area contributed by atoms with Crippen LogP contribution in [0.3, 0.4) is 0 Å². The molecule has 24 heavy (non-hydrogen) atoms. The number of aryl methyl sites for hydroxylation is 1. The molecule has 1 saturated heterocycles. The Bertz CT molecular complexity index is 705. The molecule has 0 radical (unpaired) electrons. The summed E-state index contributed by atoms with van der Waals surface area (Å²) in [7, 11) is 1.98. The van der Waals surface area contributed by atoms with Crippen molar-refractivity contribution in [2.24, 2.45) is 7.05 Å². The van der Waals surface area contributed by atoms with Gasteiger partial charge in [-0.1, -0.05) is 0 Å². The van der Waals surface area contributed by atoms with Crippen LogP contribution < -0.4 is 4.74 Å². The second-order valence-electron chi connectivity index (χ2n) is 6.07. The first kappa shape index (κ1) is 16.4. The van der Waals surface area contributed by atoms with Gasteiger partial charge in [-0.3, -0.25) is 15.0 Å². The Hall–Kier alpha value is -2.48. The number of likely N-dealkylation sites (tertiary alicyclic amines) is 1. The molecule has 1 aliphatic rings. The van der Waals surface area contributed by atoms with E-state index in [2.05, 4.69) is 15.1 Å². The molecule has 0 unspecified atom stereocenters. The van der Waals surface area contributed by atoms with Crippen LogP contribution in [0.4, 0.5) is 5.69 Å². The van der Waals surface area contributed by atoms with Crippen LogP contribution in [0.25, 0.3) is 0 Å². The Balaban J connectivity index is 1.50. The Morgan fingerprint density at radius 1 is 1.25 bits per heavy atom. The maximum Gasteiger partial charge on any atom is 0.269 e. The molecule has 2 heterocycles. The van der Waals surface area contributed by atoms with Crippen LogP contribution in [0.1, 0.15) is 24.5 Å². The summed E-state index contributed by atoms with van der Waals surface area (Å²) >= 11 is 0. The maximum atomic E-state index is 10.7. The van der Waals surface area contributed by atoms with Gasteiger partial charge in [0.2, 0.25) is 0 Å². The minimum atomic E-state index is -0.406. The van der Waals surface area contributed by atoms with Crippen LogP contribution in [0.5, 0.6) is 5.75 Å². The molecule has 0 bridgehead atoms. The monoisotopic (exact) mass is 331 g/mol. The van der Waals surface area contributed by atoms with Crippen LogP contribution in [-0.4, -0.2) is 43.8 Å². The van der Waals surface area contributed by atoms with E-state index in [1.54, 1.807) is 12.1 Å². The molecule has 0 spiro atoms. The van der Waals surface area contributed by atoms with E-state index in [1.807, 2.05) is 18.5 Å². The highest BCUT2D eigenvalue weighted by Crippen LogP contribution is 2.22. The van der Waals surface area contributed by atoms with Gasteiger partial charge in [0.15, 0.2) is 0 Å². The van der Waals surface area contributed by atoms with Gasteiger partial charge in [-0.05, 0) is 31.9 Å². The third-order valence-electron chi connectivity index (χ3n) is 4.43. The zero-order valence-electron chi connectivity index (χ0n) is 13.9. The molecule has 2 aromatic rings. The Labute approximate surface area is 140 Å². The molecular formula is C16H21N5O3. The third-order valence-corrected chi connectivity index (χ3v) is 4.43. The summed E-state index contributed by atoms with van der Waals surface area (Å²) in [6.45, 7) is 4.61. The Morgan fingerprint density at radius 2 is 1.92 bits per heavy atom. The number of rotatable bonds is 5. The van der Waals surface area contributed by atoms with Crippen molar-refractivity contribution in [3.63, 3.8) is 0 Å². The summed E-state index contributed by atoms with van der Waals surface area (Å²) in [6.07, 6.45) is 1.99. The van der Waals surface area contributed by atoms with E-state index in [0.29, 0.717) is 5.75 Å². The van der Waals surface area contributed by atoms with Crippen molar-refractivity contribution >= 4 is 5.69 Å². The molecule has 1 fully saturated rings. The highest BCUT2D eigenvalue weighted by Gasteiger charge is 2.22. The molecule has 0 atom stereocenters. The summed E-state index contributed by atoms with van der Waals surface area (Å²) in [5.74, 6) is 2.58. The lowest BCUT2D eigenvalue weighted by Crippen LogP contribution is -2.38. The van der Waals surface area contributed by atoms with Gasteiger partial charge in [0, 0.05) is 32.3 Å². The first-order valence-electron chi connectivity index (χ1n) is 8.01. The SMILES string of the molecule is Cc1nnc(CN2CCC(Oc3ccc([N+](=O)[O-])cc3)CC2)n1C. The minimum absolute atomic E-state index is 0.0798. The Kier molecular flexibility index (Phi) is 4.75. The molecular weight excluding hydrogens is 310 g/mol. The number of ether oxygens (including phenoxy) is 1. The third kappa shape index (κ3) is 3.70. The van der Waals surface area contributed by atoms with Crippen LogP contribution in [0.15, 0.2) is 24.3 Å². The smallest absolute Gasteiger partial charge is 0.269 e. The average molecular weight is 331 g/mol. The van der Waals surface area contributed by atoms with E-state index in [1.165, 1.54) is 12.1 Å². The van der Waals surface area contributed by atoms with Gasteiger partial charge in [0.1, 0.15) is 23.5 Å². The highest BCUT2D eigenvalue weighted by molar-refractivity contribution is 5.36. The van der Waals surface area contributed by atoms with Crippen LogP contribution >= 0.6 is 0 Å². The van der Waals surface area contributed by atoms with E-state index in [9.17, 15) is 10.1 Å². The van der Waals surface area contributed by atoms with Crippen molar-refractivity contribution < 1.29 is 9.66 Å². The van der Waals surface area contributed by atoms with Gasteiger partial charge < -0.3 is 9.30 Å². The second-order valence-corrected chi connectivity index (χ2v) is 6.07. The fourth-order valence-electron chi connectivity index (χ4n) is 2.81. The first-order valence-corrected chi connectivity index (χ1v) is 8.01. The average Bonchev–Trinajstić information content (AvgIpc) is 2.89. The van der Waals surface area contributed by atoms with Gasteiger partial charge in [0.05, 0.1) is 11.5 Å². The van der Waals surface area contributed by atoms with Gasteiger partial charge >= 0.3 is 0 Å². The number of hydrogen-bond donors (Lipinski definition) is 0. The fourth-order valence-corrected chi connectivity index (χ4v) is 2.81. The number of nitrogens with zero attached hydrogens (tertiary/aromatic N) is 5. The predicted molar refractivity (Wildman–Crippen MR) is 87.8 cm³/mol. The van der Waals surface area contributed by atoms with E-state index >= 15 is 0 Å². The Morgan fingerprint density at radius 3 is 2.46 bits per heavy atom. The number of hydrogen-bond acceptors (Lipinski definition) is 6. The zero-order valence-corrected chi connectivity index (χ0v) is 13.9. The van der Waals surface area contributed by atoms with Crippen molar-refractivity contribution in [3.8, 4) is 5.75 Å². The molecule has 0 aliphatic carbocycles. The van der Waals surface area contributed by atoms with Crippen molar-refractivity contribution in [1.29, 1.82) is 0 Å². The summed E-state index contributed by atoms with van der Waals surface area (Å²) in [5.41, 5.74) is 0.0798. The summed E-state index contributed by atoms with van der Waals surface area (Å²) in [5, 5.41) is 19.0. The summed E-state index contributed by atoms with van der Waals surface area (Å²) in [6, 6.07) is 6.27. The lowest BCUT2D eigenvalue weighted by atomic mass is 10.1. The molecule has 1 aromatic heterocycles. The van der Waals surface area contributed by atoms with E-state index < -0.39 is 4.92 Å². The second kappa shape index (κ2) is 6.96. The largest absolute Gasteiger partial charge is 0.490 e. The predicted octanol–water partition coefficient (Wildman–Crippen LogP) is 2.08. The lowest BCUT2D eigenvalue weighted by molar-refractivity contribution is -0.384. The fraction of sp³-hybridized carbons (Fsp3) is 0.500. The highest BCUT2D eigenvalue weighted by atomic mass is 16.6. The van der Waals surface area contributed by atoms with E-state index in [-0.39, 0.29) is 11.8 Å². The van der Waals surface area contributed by atoms with E-state index in [0.717, 1.165) is 44.1 Å². The maximum absolute atomic E-state index is 10.7. The number of nitro groups is 1. The minimum Gasteiger partial charge on any atom is -0.490 e. The van der Waals surface area contributed by atoms with Crippen molar-refractivity contribution in [2.45, 2.75) is 32.4 Å². The van der Waals surface area contributed by atoms with Crippen LogP contribution in [0.2, 0.25) is 0 Å². The first-order chi connectivity index (χ1) is 11.5. The summed E-state index contributed by atoms with van der Waals surface area (Å²) < 4.78 is 7.95. The van der Waals surface area contributed by atoms with Gasteiger partial charge in [-0.15, -0.1) is 10.2 Å². The molecule has 0 N–H and O–H groups in total. The van der Waals surface area contributed by atoms with E-state index in [4.69, 9.17) is 4.74 Å². The van der Waals surface area contributed by atoms with Crippen molar-refractivity contribution in [1.82, 2.24) is 19.7 Å². The molecule has 1 aromatic carbocycles. The van der Waals surface area contributed by atoms with Gasteiger partial charge in [0.25, 0.3) is 5.69 Å². The zero-order chi connectivity index (χ0) is 17.1. The quantitative estimate of drug-likeness (QED) is 0.616. The number of piperidine rings is 1. The van der Waals surface area contributed by atoms with Crippen molar-refractivity contribution in [2.75, 3.05) is 13.1 Å². The molecule has 8 nitrogen and oxygen atoms in total. The molecule has 8 heteroatoms. The molecule has 128 valence electrons. The molecule has 0 amide bonds. The van der Waals surface area contributed by atoms with Crippen molar-refractivity contribution in [3.05, 3.63) is 46.0 Å². The lowest BCUT2D eigenvalue weighted by Gasteiger charge is -2.31. The molecule has 0 saturated carbocycles.